The molecule has 3 rings (SSSR count). The van der Waals surface area contributed by atoms with Crippen molar-refractivity contribution in [1.82, 2.24) is 4.98 Å². The van der Waals surface area contributed by atoms with E-state index in [1.165, 1.54) is 0 Å². The van der Waals surface area contributed by atoms with Gasteiger partial charge in [-0.3, -0.25) is 14.6 Å². The van der Waals surface area contributed by atoms with Crippen LogP contribution in [0.4, 0.5) is 5.69 Å². The highest BCUT2D eigenvalue weighted by atomic mass is 79.9. The molecule has 0 radical (unpaired) electrons. The average Bonchev–Trinajstić information content (AvgIpc) is 2.61. The van der Waals surface area contributed by atoms with Crippen molar-refractivity contribution >= 4 is 33.4 Å². The van der Waals surface area contributed by atoms with E-state index in [-0.39, 0.29) is 5.91 Å². The number of carbonyl (C=O) groups excluding carboxylic acids is 2. The Bertz CT molecular complexity index is 1050. The molecule has 1 heterocycles. The van der Waals surface area contributed by atoms with Crippen molar-refractivity contribution in [3.05, 3.63) is 81.5 Å². The average molecular weight is 424 g/mol. The molecule has 1 aromatic heterocycles. The Morgan fingerprint density at radius 1 is 1.00 bits per heavy atom. The number of nitrogens with one attached hydrogen (secondary N) is 1. The lowest BCUT2D eigenvalue weighted by Gasteiger charge is -2.11. The minimum atomic E-state index is -0.492. The van der Waals surface area contributed by atoms with E-state index in [1.807, 2.05) is 30.3 Å². The number of pyridine rings is 1. The predicted octanol–water partition coefficient (Wildman–Crippen LogP) is 4.48. The molecule has 0 unspecified atom stereocenters. The molecule has 3 aromatic rings. The van der Waals surface area contributed by atoms with Gasteiger partial charge in [-0.05, 0) is 61.9 Å². The fourth-order valence-electron chi connectivity index (χ4n) is 2.83. The molecule has 0 aliphatic heterocycles. The molecule has 2 amide bonds. The highest BCUT2D eigenvalue weighted by Gasteiger charge is 2.13. The van der Waals surface area contributed by atoms with Crippen LogP contribution in [0.1, 0.15) is 32.0 Å². The van der Waals surface area contributed by atoms with Gasteiger partial charge < -0.3 is 11.1 Å². The zero-order chi connectivity index (χ0) is 19.6. The van der Waals surface area contributed by atoms with E-state index >= 15 is 0 Å². The van der Waals surface area contributed by atoms with Gasteiger partial charge in [0, 0.05) is 21.3 Å². The SMILES string of the molecule is Cc1cc(NC(=O)c2ccc(-c3cccc(Br)c3)nc2C)ccc1C(N)=O. The summed E-state index contributed by atoms with van der Waals surface area (Å²) in [5, 5.41) is 2.84. The number of amides is 2. The zero-order valence-corrected chi connectivity index (χ0v) is 16.5. The van der Waals surface area contributed by atoms with Crippen LogP contribution in [0.15, 0.2) is 59.1 Å². The largest absolute Gasteiger partial charge is 0.366 e. The van der Waals surface area contributed by atoms with Gasteiger partial charge in [-0.2, -0.15) is 0 Å². The Hall–Kier alpha value is -2.99. The zero-order valence-electron chi connectivity index (χ0n) is 14.9. The number of hydrogen-bond donors (Lipinski definition) is 2. The van der Waals surface area contributed by atoms with E-state index in [0.29, 0.717) is 28.1 Å². The molecule has 6 heteroatoms. The van der Waals surface area contributed by atoms with E-state index in [1.54, 1.807) is 38.1 Å². The summed E-state index contributed by atoms with van der Waals surface area (Å²) in [6, 6.07) is 16.4. The van der Waals surface area contributed by atoms with Crippen molar-refractivity contribution in [3.8, 4) is 11.3 Å². The van der Waals surface area contributed by atoms with Crippen molar-refractivity contribution in [1.29, 1.82) is 0 Å². The highest BCUT2D eigenvalue weighted by molar-refractivity contribution is 9.10. The first kappa shape index (κ1) is 18.8. The van der Waals surface area contributed by atoms with E-state index < -0.39 is 5.91 Å². The number of hydrogen-bond acceptors (Lipinski definition) is 3. The fraction of sp³-hybridized carbons (Fsp3) is 0.0952. The van der Waals surface area contributed by atoms with Gasteiger partial charge in [0.25, 0.3) is 5.91 Å². The van der Waals surface area contributed by atoms with Crippen LogP contribution in [0, 0.1) is 13.8 Å². The number of carbonyl (C=O) groups is 2. The third-order valence-electron chi connectivity index (χ3n) is 4.20. The van der Waals surface area contributed by atoms with Crippen molar-refractivity contribution in [2.45, 2.75) is 13.8 Å². The molecule has 0 aliphatic rings. The van der Waals surface area contributed by atoms with Gasteiger partial charge in [-0.15, -0.1) is 0 Å². The number of nitrogens with two attached hydrogens (primary N) is 1. The second-order valence-corrected chi connectivity index (χ2v) is 7.10. The second-order valence-electron chi connectivity index (χ2n) is 6.19. The first-order valence-corrected chi connectivity index (χ1v) is 9.10. The topological polar surface area (TPSA) is 85.1 Å². The maximum Gasteiger partial charge on any atom is 0.257 e. The third-order valence-corrected chi connectivity index (χ3v) is 4.69. The van der Waals surface area contributed by atoms with Crippen molar-refractivity contribution in [2.24, 2.45) is 5.73 Å². The van der Waals surface area contributed by atoms with E-state index in [0.717, 1.165) is 15.7 Å². The van der Waals surface area contributed by atoms with Gasteiger partial charge in [0.05, 0.1) is 17.0 Å². The van der Waals surface area contributed by atoms with Gasteiger partial charge in [-0.25, -0.2) is 0 Å². The Kier molecular flexibility index (Phi) is 5.37. The number of rotatable bonds is 4. The minimum absolute atomic E-state index is 0.257. The summed E-state index contributed by atoms with van der Waals surface area (Å²) in [5.41, 5.74) is 9.94. The molecule has 3 N–H and O–H groups in total. The summed E-state index contributed by atoms with van der Waals surface area (Å²) in [4.78, 5) is 28.5. The van der Waals surface area contributed by atoms with E-state index in [2.05, 4.69) is 26.2 Å². The van der Waals surface area contributed by atoms with E-state index in [4.69, 9.17) is 5.73 Å². The number of benzene rings is 2. The van der Waals surface area contributed by atoms with Crippen molar-refractivity contribution in [2.75, 3.05) is 5.32 Å². The monoisotopic (exact) mass is 423 g/mol. The first-order chi connectivity index (χ1) is 12.8. The summed E-state index contributed by atoms with van der Waals surface area (Å²) in [6.07, 6.45) is 0. The highest BCUT2D eigenvalue weighted by Crippen LogP contribution is 2.23. The van der Waals surface area contributed by atoms with Crippen LogP contribution in [-0.2, 0) is 0 Å². The smallest absolute Gasteiger partial charge is 0.257 e. The van der Waals surface area contributed by atoms with Gasteiger partial charge >= 0.3 is 0 Å². The summed E-state index contributed by atoms with van der Waals surface area (Å²) in [5.74, 6) is -0.749. The molecule has 136 valence electrons. The Balaban J connectivity index is 1.83. The van der Waals surface area contributed by atoms with Crippen LogP contribution >= 0.6 is 15.9 Å². The number of primary amides is 1. The van der Waals surface area contributed by atoms with Crippen molar-refractivity contribution in [3.63, 3.8) is 0 Å². The Morgan fingerprint density at radius 2 is 1.74 bits per heavy atom. The second kappa shape index (κ2) is 7.72. The molecular weight excluding hydrogens is 406 g/mol. The molecular formula is C21H18BrN3O2. The molecule has 0 saturated heterocycles. The van der Waals surface area contributed by atoms with Crippen LogP contribution in [-0.4, -0.2) is 16.8 Å². The summed E-state index contributed by atoms with van der Waals surface area (Å²) in [6.45, 7) is 3.58. The molecule has 0 saturated carbocycles. The van der Waals surface area contributed by atoms with Crippen LogP contribution < -0.4 is 11.1 Å². The third kappa shape index (κ3) is 4.23. The quantitative estimate of drug-likeness (QED) is 0.648. The molecule has 0 aliphatic carbocycles. The molecule has 0 atom stereocenters. The normalized spacial score (nSPS) is 10.5. The Labute approximate surface area is 165 Å². The maximum absolute atomic E-state index is 12.6. The predicted molar refractivity (Wildman–Crippen MR) is 110 cm³/mol. The number of aryl methyl sites for hydroxylation is 2. The number of aromatic nitrogens is 1. The summed E-state index contributed by atoms with van der Waals surface area (Å²) in [7, 11) is 0. The van der Waals surface area contributed by atoms with Crippen LogP contribution in [0.25, 0.3) is 11.3 Å². The van der Waals surface area contributed by atoms with Gasteiger partial charge in [0.1, 0.15) is 0 Å². The van der Waals surface area contributed by atoms with Crippen LogP contribution in [0.3, 0.4) is 0 Å². The molecule has 2 aromatic carbocycles. The number of halogens is 1. The summed E-state index contributed by atoms with van der Waals surface area (Å²) >= 11 is 3.45. The lowest BCUT2D eigenvalue weighted by Crippen LogP contribution is -2.16. The lowest BCUT2D eigenvalue weighted by atomic mass is 10.1. The van der Waals surface area contributed by atoms with Crippen LogP contribution in [0.2, 0.25) is 0 Å². The molecule has 0 spiro atoms. The van der Waals surface area contributed by atoms with Crippen molar-refractivity contribution < 1.29 is 9.59 Å². The Morgan fingerprint density at radius 3 is 2.37 bits per heavy atom. The van der Waals surface area contributed by atoms with Gasteiger partial charge in [-0.1, -0.05) is 28.1 Å². The lowest BCUT2D eigenvalue weighted by molar-refractivity contribution is 0.0997. The maximum atomic E-state index is 12.6. The number of anilines is 1. The van der Waals surface area contributed by atoms with Gasteiger partial charge in [0.15, 0.2) is 0 Å². The number of nitrogens with zero attached hydrogens (tertiary/aromatic N) is 1. The molecule has 5 nitrogen and oxygen atoms in total. The molecule has 0 bridgehead atoms. The summed E-state index contributed by atoms with van der Waals surface area (Å²) < 4.78 is 0.969. The van der Waals surface area contributed by atoms with Gasteiger partial charge in [0.2, 0.25) is 5.91 Å². The van der Waals surface area contributed by atoms with E-state index in [9.17, 15) is 9.59 Å². The fourth-order valence-corrected chi connectivity index (χ4v) is 3.23. The van der Waals surface area contributed by atoms with Crippen LogP contribution in [0.5, 0.6) is 0 Å². The first-order valence-electron chi connectivity index (χ1n) is 8.30. The molecule has 27 heavy (non-hydrogen) atoms. The molecule has 0 fully saturated rings. The minimum Gasteiger partial charge on any atom is -0.366 e. The standard InChI is InChI=1S/C21H18BrN3O2/c1-12-10-16(6-7-17(12)20(23)26)25-21(27)18-8-9-19(24-13(18)2)14-4-3-5-15(22)11-14/h3-11H,1-2H3,(H2,23,26)(H,25,27).